The fourth-order valence-corrected chi connectivity index (χ4v) is 5.85. The summed E-state index contributed by atoms with van der Waals surface area (Å²) >= 11 is 0. The number of methoxy groups -OCH3 is 1. The van der Waals surface area contributed by atoms with E-state index in [1.54, 1.807) is 25.4 Å². The molecule has 3 aliphatic rings. The number of aromatic nitrogens is 1. The van der Waals surface area contributed by atoms with Gasteiger partial charge in [-0.1, -0.05) is 6.07 Å². The molecule has 2 fully saturated rings. The summed E-state index contributed by atoms with van der Waals surface area (Å²) < 4.78 is 50.8. The number of hydrogen-bond donors (Lipinski definition) is 1. The Balaban J connectivity index is 1.24. The molecule has 1 amide bonds. The van der Waals surface area contributed by atoms with Crippen molar-refractivity contribution in [1.82, 2.24) is 15.2 Å². The number of amides is 1. The zero-order chi connectivity index (χ0) is 26.9. The molecule has 4 heterocycles. The third-order valence-electron chi connectivity index (χ3n) is 8.09. The number of carbonyl (C=O) groups is 1. The first kappa shape index (κ1) is 26.9. The molecule has 0 bridgehead atoms. The summed E-state index contributed by atoms with van der Waals surface area (Å²) in [5, 5.41) is 3.71. The van der Waals surface area contributed by atoms with E-state index in [0.717, 1.165) is 43.1 Å². The lowest BCUT2D eigenvalue weighted by Crippen LogP contribution is -2.54. The van der Waals surface area contributed by atoms with E-state index in [-0.39, 0.29) is 18.1 Å². The maximum Gasteiger partial charge on any atom is 0.416 e. The molecule has 10 heteroatoms. The van der Waals surface area contributed by atoms with Gasteiger partial charge in [-0.3, -0.25) is 4.79 Å². The second kappa shape index (κ2) is 11.2. The van der Waals surface area contributed by atoms with E-state index in [4.69, 9.17) is 9.47 Å². The third-order valence-corrected chi connectivity index (χ3v) is 8.09. The lowest BCUT2D eigenvalue weighted by atomic mass is 9.96. The number of likely N-dealkylation sites (tertiary alicyclic amines) is 1. The van der Waals surface area contributed by atoms with Crippen molar-refractivity contribution in [3.8, 4) is 0 Å². The number of benzene rings is 1. The lowest BCUT2D eigenvalue weighted by Gasteiger charge is -2.38. The van der Waals surface area contributed by atoms with Crippen LogP contribution in [-0.2, 0) is 28.6 Å². The van der Waals surface area contributed by atoms with Gasteiger partial charge < -0.3 is 24.6 Å². The highest BCUT2D eigenvalue weighted by atomic mass is 19.4. The molecule has 0 unspecified atom stereocenters. The fraction of sp³-hybridized carbons (Fsp3) is 0.571. The van der Waals surface area contributed by atoms with Gasteiger partial charge in [-0.15, -0.1) is 0 Å². The van der Waals surface area contributed by atoms with Crippen LogP contribution in [0.25, 0.3) is 0 Å². The molecule has 1 N–H and O–H groups in total. The van der Waals surface area contributed by atoms with Crippen molar-refractivity contribution in [2.24, 2.45) is 0 Å². The van der Waals surface area contributed by atoms with Crippen LogP contribution in [0.5, 0.6) is 0 Å². The molecule has 206 valence electrons. The lowest BCUT2D eigenvalue weighted by molar-refractivity contribution is -0.137. The van der Waals surface area contributed by atoms with Gasteiger partial charge in [0.2, 0.25) is 0 Å². The van der Waals surface area contributed by atoms with Crippen LogP contribution >= 0.6 is 0 Å². The maximum atomic E-state index is 13.5. The molecule has 7 nitrogen and oxygen atoms in total. The largest absolute Gasteiger partial charge is 0.416 e. The maximum absolute atomic E-state index is 13.5. The van der Waals surface area contributed by atoms with Gasteiger partial charge in [0.1, 0.15) is 5.82 Å². The Hall–Kier alpha value is -2.69. The number of hydrogen-bond acceptors (Lipinski definition) is 6. The van der Waals surface area contributed by atoms with Gasteiger partial charge in [-0.25, -0.2) is 4.98 Å². The minimum atomic E-state index is -4.38. The van der Waals surface area contributed by atoms with E-state index in [2.05, 4.69) is 10.3 Å². The molecule has 5 rings (SSSR count). The molecule has 3 aliphatic heterocycles. The molecule has 1 aromatic heterocycles. The summed E-state index contributed by atoms with van der Waals surface area (Å²) in [5.74, 6) is 0.628. The first-order chi connectivity index (χ1) is 18.2. The molecular formula is C28H35F3N4O3. The third kappa shape index (κ3) is 5.67. The molecule has 38 heavy (non-hydrogen) atoms. The average molecular weight is 533 g/mol. The number of alkyl halides is 3. The number of rotatable bonds is 5. The number of carbonyl (C=O) groups excluding carboxylic acids is 1. The summed E-state index contributed by atoms with van der Waals surface area (Å²) in [7, 11) is 1.71. The van der Waals surface area contributed by atoms with Crippen molar-refractivity contribution < 1.29 is 27.4 Å². The van der Waals surface area contributed by atoms with Crippen molar-refractivity contribution in [3.63, 3.8) is 0 Å². The number of nitrogens with one attached hydrogen (secondary N) is 1. The molecule has 2 atom stereocenters. The second-order valence-electron chi connectivity index (χ2n) is 10.4. The van der Waals surface area contributed by atoms with Crippen molar-refractivity contribution in [3.05, 3.63) is 58.3 Å². The highest BCUT2D eigenvalue weighted by molar-refractivity contribution is 5.96. The topological polar surface area (TPSA) is 66.9 Å². The molecule has 0 radical (unpaired) electrons. The van der Waals surface area contributed by atoms with Crippen LogP contribution in [0.3, 0.4) is 0 Å². The van der Waals surface area contributed by atoms with Crippen molar-refractivity contribution in [2.45, 2.75) is 63.5 Å². The minimum absolute atomic E-state index is 0.0257. The number of halogens is 3. The number of fused-ring (bicyclic) bond motifs is 1. The van der Waals surface area contributed by atoms with Gasteiger partial charge in [0.05, 0.1) is 18.3 Å². The Kier molecular flexibility index (Phi) is 7.93. The second-order valence-corrected chi connectivity index (χ2v) is 10.4. The van der Waals surface area contributed by atoms with E-state index in [1.165, 1.54) is 6.07 Å². The Morgan fingerprint density at radius 3 is 2.66 bits per heavy atom. The van der Waals surface area contributed by atoms with Crippen molar-refractivity contribution >= 4 is 11.7 Å². The predicted molar refractivity (Wildman–Crippen MR) is 137 cm³/mol. The van der Waals surface area contributed by atoms with Crippen LogP contribution < -0.4 is 10.2 Å². The van der Waals surface area contributed by atoms with Crippen molar-refractivity contribution in [1.29, 1.82) is 0 Å². The SMILES string of the molecule is CO[C@@H]1COCC[C@@H]1NC1CCN(C(=O)c2ccnc(N3CCc4ccc(C(F)(F)F)cc4C3)c2C)CC1. The Bertz CT molecular complexity index is 1150. The van der Waals surface area contributed by atoms with E-state index in [9.17, 15) is 18.0 Å². The zero-order valence-corrected chi connectivity index (χ0v) is 21.9. The molecule has 1 aromatic carbocycles. The summed E-state index contributed by atoms with van der Waals surface area (Å²) in [5.41, 5.74) is 2.30. The first-order valence-corrected chi connectivity index (χ1v) is 13.3. The highest BCUT2D eigenvalue weighted by Gasteiger charge is 2.33. The summed E-state index contributed by atoms with van der Waals surface area (Å²) in [6.07, 6.45) is 0.558. The predicted octanol–water partition coefficient (Wildman–Crippen LogP) is 3.97. The fourth-order valence-electron chi connectivity index (χ4n) is 5.85. The van der Waals surface area contributed by atoms with Gasteiger partial charge in [0.15, 0.2) is 0 Å². The molecule has 2 aromatic rings. The van der Waals surface area contributed by atoms with Crippen molar-refractivity contribution in [2.75, 3.05) is 44.9 Å². The normalized spacial score (nSPS) is 22.9. The smallest absolute Gasteiger partial charge is 0.379 e. The van der Waals surface area contributed by atoms with E-state index >= 15 is 0 Å². The van der Waals surface area contributed by atoms with Crippen LogP contribution in [0.2, 0.25) is 0 Å². The van der Waals surface area contributed by atoms with Gasteiger partial charge in [-0.2, -0.15) is 13.2 Å². The van der Waals surface area contributed by atoms with Crippen LogP contribution in [0.15, 0.2) is 30.5 Å². The number of anilines is 1. The summed E-state index contributed by atoms with van der Waals surface area (Å²) in [6, 6.07) is 6.29. The Morgan fingerprint density at radius 1 is 1.13 bits per heavy atom. The Morgan fingerprint density at radius 2 is 1.92 bits per heavy atom. The van der Waals surface area contributed by atoms with Gasteiger partial charge in [0, 0.05) is 69.3 Å². The Labute approximate surface area is 221 Å². The molecular weight excluding hydrogens is 497 g/mol. The number of nitrogens with zero attached hydrogens (tertiary/aromatic N) is 3. The molecule has 2 saturated heterocycles. The summed E-state index contributed by atoms with van der Waals surface area (Å²) in [4.78, 5) is 21.9. The minimum Gasteiger partial charge on any atom is -0.379 e. The standard InChI is InChI=1S/C28H35F3N4O3/c1-18-23(27(36)34-12-7-22(8-13-34)33-24-9-14-38-17-25(24)37-2)5-10-32-26(18)35-11-6-19-3-4-21(28(29,30)31)15-20(19)16-35/h3-5,10,15,22,24-25,33H,6-9,11-14,16-17H2,1-2H3/t24-,25+/m0/s1. The molecule has 0 spiro atoms. The van der Waals surface area contributed by atoms with Crippen LogP contribution in [0, 0.1) is 6.92 Å². The monoisotopic (exact) mass is 532 g/mol. The number of piperidine rings is 1. The van der Waals surface area contributed by atoms with Crippen LogP contribution in [0.4, 0.5) is 19.0 Å². The van der Waals surface area contributed by atoms with Gasteiger partial charge in [0.25, 0.3) is 5.91 Å². The number of ether oxygens (including phenoxy) is 2. The van der Waals surface area contributed by atoms with Crippen LogP contribution in [0.1, 0.15) is 51.9 Å². The quantitative estimate of drug-likeness (QED) is 0.629. The van der Waals surface area contributed by atoms with E-state index in [0.29, 0.717) is 62.2 Å². The molecule has 0 saturated carbocycles. The highest BCUT2D eigenvalue weighted by Crippen LogP contribution is 2.34. The van der Waals surface area contributed by atoms with Gasteiger partial charge in [-0.05, 0) is 61.9 Å². The number of pyridine rings is 1. The van der Waals surface area contributed by atoms with E-state index in [1.807, 2.05) is 16.7 Å². The van der Waals surface area contributed by atoms with Gasteiger partial charge >= 0.3 is 6.18 Å². The van der Waals surface area contributed by atoms with E-state index < -0.39 is 11.7 Å². The zero-order valence-electron chi connectivity index (χ0n) is 21.9. The average Bonchev–Trinajstić information content (AvgIpc) is 2.92. The molecule has 0 aliphatic carbocycles. The first-order valence-electron chi connectivity index (χ1n) is 13.3. The van der Waals surface area contributed by atoms with Crippen LogP contribution in [-0.4, -0.2) is 73.9 Å². The summed E-state index contributed by atoms with van der Waals surface area (Å²) in [6.45, 7) is 5.48.